The maximum atomic E-state index is 12.3. The summed E-state index contributed by atoms with van der Waals surface area (Å²) < 4.78 is 12.7. The van der Waals surface area contributed by atoms with Crippen molar-refractivity contribution in [3.8, 4) is 11.5 Å². The first-order valence-electron chi connectivity index (χ1n) is 9.90. The molecule has 0 aromatic heterocycles. The highest BCUT2D eigenvalue weighted by atomic mass is 79.9. The van der Waals surface area contributed by atoms with E-state index >= 15 is 0 Å². The van der Waals surface area contributed by atoms with Crippen molar-refractivity contribution in [1.82, 2.24) is 5.43 Å². The Morgan fingerprint density at radius 2 is 1.67 bits per heavy atom. The first kappa shape index (κ1) is 24.4. The Bertz CT molecular complexity index is 1160. The lowest BCUT2D eigenvalue weighted by Crippen LogP contribution is -2.33. The zero-order chi connectivity index (χ0) is 23.6. The van der Waals surface area contributed by atoms with Gasteiger partial charge >= 0.3 is 5.97 Å². The smallest absolute Gasteiger partial charge is 0.336 e. The molecule has 168 valence electrons. The van der Waals surface area contributed by atoms with E-state index in [1.165, 1.54) is 12.3 Å². The highest BCUT2D eigenvalue weighted by molar-refractivity contribution is 9.10. The average Bonchev–Trinajstić information content (AvgIpc) is 2.81. The van der Waals surface area contributed by atoms with Gasteiger partial charge in [-0.1, -0.05) is 62.2 Å². The van der Waals surface area contributed by atoms with Crippen molar-refractivity contribution in [3.63, 3.8) is 0 Å². The van der Waals surface area contributed by atoms with Crippen LogP contribution in [0.25, 0.3) is 6.08 Å². The van der Waals surface area contributed by atoms with Crippen molar-refractivity contribution in [1.29, 1.82) is 0 Å². The molecule has 3 aromatic rings. The first-order chi connectivity index (χ1) is 15.9. The molecule has 0 aliphatic rings. The lowest BCUT2D eigenvalue weighted by atomic mass is 10.2. The average molecular weight is 572 g/mol. The minimum absolute atomic E-state index is 0.304. The number of hydrogen-bond donors (Lipinski definition) is 1. The second kappa shape index (κ2) is 12.1. The number of benzene rings is 3. The Morgan fingerprint density at radius 3 is 2.39 bits per heavy atom. The van der Waals surface area contributed by atoms with E-state index in [1.807, 2.05) is 42.5 Å². The van der Waals surface area contributed by atoms with Crippen LogP contribution >= 0.6 is 31.9 Å². The number of nitrogens with one attached hydrogen (secondary N) is 1. The van der Waals surface area contributed by atoms with Crippen molar-refractivity contribution >= 4 is 56.0 Å². The molecule has 0 bridgehead atoms. The predicted octanol–water partition coefficient (Wildman–Crippen LogP) is 5.75. The fourth-order valence-corrected chi connectivity index (χ4v) is 3.25. The number of hydrogen-bond acceptors (Lipinski definition) is 5. The van der Waals surface area contributed by atoms with E-state index in [4.69, 9.17) is 9.47 Å². The summed E-state index contributed by atoms with van der Waals surface area (Å²) in [5, 5.41) is 3.98. The van der Waals surface area contributed by atoms with Crippen LogP contribution in [0.4, 0.5) is 0 Å². The van der Waals surface area contributed by atoms with Gasteiger partial charge in [0.25, 0.3) is 5.91 Å². The molecule has 0 saturated carbocycles. The van der Waals surface area contributed by atoms with Gasteiger partial charge in [0, 0.05) is 20.6 Å². The third-order valence-electron chi connectivity index (χ3n) is 4.27. The number of amides is 1. The molecule has 1 unspecified atom stereocenters. The summed E-state index contributed by atoms with van der Waals surface area (Å²) in [6.45, 7) is 1.62. The van der Waals surface area contributed by atoms with Crippen molar-refractivity contribution in [3.05, 3.63) is 98.9 Å². The minimum atomic E-state index is -0.758. The van der Waals surface area contributed by atoms with Gasteiger partial charge in [-0.15, -0.1) is 0 Å². The van der Waals surface area contributed by atoms with E-state index in [2.05, 4.69) is 42.4 Å². The van der Waals surface area contributed by atoms with Crippen LogP contribution in [0.15, 0.2) is 92.9 Å². The zero-order valence-corrected chi connectivity index (χ0v) is 20.7. The van der Waals surface area contributed by atoms with Crippen LogP contribution in [-0.4, -0.2) is 24.2 Å². The van der Waals surface area contributed by atoms with E-state index in [0.29, 0.717) is 17.1 Å². The van der Waals surface area contributed by atoms with Gasteiger partial charge < -0.3 is 9.47 Å². The van der Waals surface area contributed by atoms with E-state index in [-0.39, 0.29) is 0 Å². The maximum absolute atomic E-state index is 12.3. The normalized spacial score (nSPS) is 12.0. The lowest BCUT2D eigenvalue weighted by Gasteiger charge is -2.13. The number of ether oxygens (including phenoxy) is 2. The largest absolute Gasteiger partial charge is 0.481 e. The van der Waals surface area contributed by atoms with E-state index in [9.17, 15) is 9.59 Å². The molecule has 0 saturated heterocycles. The van der Waals surface area contributed by atoms with E-state index in [1.54, 1.807) is 43.3 Å². The van der Waals surface area contributed by atoms with Crippen molar-refractivity contribution in [2.24, 2.45) is 5.10 Å². The molecule has 0 fully saturated rings. The first-order valence-corrected chi connectivity index (χ1v) is 11.5. The monoisotopic (exact) mass is 570 g/mol. The van der Waals surface area contributed by atoms with Crippen LogP contribution < -0.4 is 14.9 Å². The predicted molar refractivity (Wildman–Crippen MR) is 135 cm³/mol. The molecule has 6 nitrogen and oxygen atoms in total. The van der Waals surface area contributed by atoms with Crippen LogP contribution in [0.3, 0.4) is 0 Å². The Morgan fingerprint density at radius 1 is 0.970 bits per heavy atom. The van der Waals surface area contributed by atoms with Crippen molar-refractivity contribution in [2.75, 3.05) is 0 Å². The molecule has 0 aliphatic heterocycles. The number of hydrazone groups is 1. The topological polar surface area (TPSA) is 77.0 Å². The van der Waals surface area contributed by atoms with Crippen molar-refractivity contribution < 1.29 is 19.1 Å². The summed E-state index contributed by atoms with van der Waals surface area (Å²) in [4.78, 5) is 24.5. The highest BCUT2D eigenvalue weighted by Crippen LogP contribution is 2.22. The molecule has 33 heavy (non-hydrogen) atoms. The van der Waals surface area contributed by atoms with Crippen LogP contribution in [-0.2, 0) is 9.59 Å². The van der Waals surface area contributed by atoms with Gasteiger partial charge in [-0.05, 0) is 61.0 Å². The Labute approximate surface area is 208 Å². The summed E-state index contributed by atoms with van der Waals surface area (Å²) in [6.07, 6.45) is 3.66. The standard InChI is InChI=1S/C25H20Br2N2O4/c1-17(32-22-11-8-20(26)9-12-22)25(31)29-28-16-19-15-21(27)10-13-23(19)33-24(30)14-7-18-5-3-2-4-6-18/h2-17H,1H3,(H,29,31). The Kier molecular flexibility index (Phi) is 8.97. The molecule has 0 radical (unpaired) electrons. The van der Waals surface area contributed by atoms with E-state index < -0.39 is 18.0 Å². The zero-order valence-electron chi connectivity index (χ0n) is 17.6. The van der Waals surface area contributed by atoms with Crippen LogP contribution in [0.5, 0.6) is 11.5 Å². The molecule has 1 atom stereocenters. The second-order valence-corrected chi connectivity index (χ2v) is 8.63. The van der Waals surface area contributed by atoms with E-state index in [0.717, 1.165) is 14.5 Å². The summed E-state index contributed by atoms with van der Waals surface area (Å²) in [6, 6.07) is 21.7. The molecule has 1 amide bonds. The van der Waals surface area contributed by atoms with Crippen LogP contribution in [0.2, 0.25) is 0 Å². The van der Waals surface area contributed by atoms with Gasteiger partial charge in [0.1, 0.15) is 11.5 Å². The van der Waals surface area contributed by atoms with Gasteiger partial charge in [0.2, 0.25) is 0 Å². The van der Waals surface area contributed by atoms with Gasteiger partial charge in [-0.2, -0.15) is 5.10 Å². The maximum Gasteiger partial charge on any atom is 0.336 e. The van der Waals surface area contributed by atoms with Crippen molar-refractivity contribution in [2.45, 2.75) is 13.0 Å². The molecule has 8 heteroatoms. The highest BCUT2D eigenvalue weighted by Gasteiger charge is 2.14. The fraction of sp³-hybridized carbons (Fsp3) is 0.0800. The second-order valence-electron chi connectivity index (χ2n) is 6.80. The molecule has 0 aliphatic carbocycles. The summed E-state index contributed by atoms with van der Waals surface area (Å²) >= 11 is 6.73. The molecular formula is C25H20Br2N2O4. The molecule has 1 N–H and O–H groups in total. The number of carbonyl (C=O) groups excluding carboxylic acids is 2. The quantitative estimate of drug-likeness (QED) is 0.123. The number of halogens is 2. The minimum Gasteiger partial charge on any atom is -0.481 e. The molecule has 3 rings (SSSR count). The fourth-order valence-electron chi connectivity index (χ4n) is 2.61. The number of esters is 1. The Balaban J connectivity index is 1.61. The SMILES string of the molecule is CC(Oc1ccc(Br)cc1)C(=O)NN=Cc1cc(Br)ccc1OC(=O)C=Cc1ccccc1. The number of rotatable bonds is 8. The number of carbonyl (C=O) groups is 2. The summed E-state index contributed by atoms with van der Waals surface area (Å²) in [5.41, 5.74) is 3.83. The van der Waals surface area contributed by atoms with Gasteiger partial charge in [0.05, 0.1) is 6.21 Å². The molecular weight excluding hydrogens is 552 g/mol. The van der Waals surface area contributed by atoms with Gasteiger partial charge in [-0.3, -0.25) is 4.79 Å². The third-order valence-corrected chi connectivity index (χ3v) is 5.29. The van der Waals surface area contributed by atoms with Gasteiger partial charge in [-0.25, -0.2) is 10.2 Å². The third kappa shape index (κ3) is 8.00. The number of nitrogens with zero attached hydrogens (tertiary/aromatic N) is 1. The Hall–Kier alpha value is -3.23. The summed E-state index contributed by atoms with van der Waals surface area (Å²) in [7, 11) is 0. The van der Waals surface area contributed by atoms with Crippen LogP contribution in [0.1, 0.15) is 18.1 Å². The summed E-state index contributed by atoms with van der Waals surface area (Å²) in [5.74, 6) is -0.0856. The van der Waals surface area contributed by atoms with Crippen LogP contribution in [0, 0.1) is 0 Å². The molecule has 0 spiro atoms. The molecule has 3 aromatic carbocycles. The lowest BCUT2D eigenvalue weighted by molar-refractivity contribution is -0.129. The van der Waals surface area contributed by atoms with Gasteiger partial charge in [0.15, 0.2) is 6.10 Å². The molecule has 0 heterocycles.